The van der Waals surface area contributed by atoms with Gasteiger partial charge in [-0.2, -0.15) is 4.57 Å². The van der Waals surface area contributed by atoms with Gasteiger partial charge in [-0.3, -0.25) is 0 Å². The molecular weight excluding hydrogens is 482 g/mol. The van der Waals surface area contributed by atoms with Crippen molar-refractivity contribution in [2.75, 3.05) is 6.61 Å². The van der Waals surface area contributed by atoms with Gasteiger partial charge >= 0.3 is 0 Å². The predicted octanol–water partition coefficient (Wildman–Crippen LogP) is 6.39. The Hall–Kier alpha value is -4.78. The van der Waals surface area contributed by atoms with E-state index in [-0.39, 0.29) is 5.56 Å². The summed E-state index contributed by atoms with van der Waals surface area (Å²) in [4.78, 5) is 7.54. The molecule has 6 aromatic rings. The summed E-state index contributed by atoms with van der Waals surface area (Å²) >= 11 is 0. The van der Waals surface area contributed by atoms with Crippen LogP contribution in [-0.4, -0.2) is 21.1 Å². The number of ether oxygens (including phenoxy) is 1. The molecule has 0 bridgehead atoms. The van der Waals surface area contributed by atoms with Gasteiger partial charge in [-0.25, -0.2) is 13.8 Å². The number of rotatable bonds is 8. The minimum Gasteiger partial charge on any atom is -0.492 e. The van der Waals surface area contributed by atoms with Gasteiger partial charge in [-0.05, 0) is 47.5 Å². The van der Waals surface area contributed by atoms with Gasteiger partial charge in [0.25, 0.3) is 0 Å². The Morgan fingerprint density at radius 1 is 0.842 bits per heavy atom. The Morgan fingerprint density at radius 3 is 2.34 bits per heavy atom. The van der Waals surface area contributed by atoms with E-state index in [0.29, 0.717) is 24.5 Å². The molecule has 0 amide bonds. The molecule has 5 nitrogen and oxygen atoms in total. The summed E-state index contributed by atoms with van der Waals surface area (Å²) in [6.45, 7) is 2.09. The Balaban J connectivity index is 1.11. The number of H-pyrrole nitrogens is 1. The molecule has 0 aliphatic rings. The first-order valence-electron chi connectivity index (χ1n) is 12.4. The van der Waals surface area contributed by atoms with E-state index in [9.17, 15) is 8.78 Å². The van der Waals surface area contributed by atoms with Gasteiger partial charge in [0.15, 0.2) is 30.6 Å². The number of halogens is 2. The van der Waals surface area contributed by atoms with E-state index in [1.165, 1.54) is 12.1 Å². The number of nitrogens with zero attached hydrogens (tertiary/aromatic N) is 3. The second-order valence-corrected chi connectivity index (χ2v) is 9.09. The predicted molar refractivity (Wildman–Crippen MR) is 143 cm³/mol. The standard InChI is InChI=1S/C31H24F2N4O/c32-27-5-3-4-26(30(27)33)31-34-28-14-17-37(21-29(28)35-31)20-22-6-8-23(9-7-22)24-10-12-25(13-11-24)38-19-18-36-15-1-2-16-36/h1-17,21H,18-20H2/p+1. The molecule has 7 heteroatoms. The summed E-state index contributed by atoms with van der Waals surface area (Å²) in [6, 6.07) is 26.5. The zero-order chi connectivity index (χ0) is 25.9. The molecule has 188 valence electrons. The van der Waals surface area contributed by atoms with E-state index in [4.69, 9.17) is 4.74 Å². The third-order valence-electron chi connectivity index (χ3n) is 6.48. The van der Waals surface area contributed by atoms with Gasteiger partial charge in [0, 0.05) is 24.0 Å². The van der Waals surface area contributed by atoms with Crippen LogP contribution >= 0.6 is 0 Å². The van der Waals surface area contributed by atoms with Crippen LogP contribution in [0.5, 0.6) is 5.75 Å². The fourth-order valence-electron chi connectivity index (χ4n) is 4.46. The highest BCUT2D eigenvalue weighted by atomic mass is 19.2. The normalized spacial score (nSPS) is 11.2. The number of hydrogen-bond acceptors (Lipinski definition) is 2. The zero-order valence-electron chi connectivity index (χ0n) is 20.5. The number of aromatic amines is 1. The van der Waals surface area contributed by atoms with Crippen molar-refractivity contribution < 1.29 is 18.1 Å². The summed E-state index contributed by atoms with van der Waals surface area (Å²) < 4.78 is 37.8. The van der Waals surface area contributed by atoms with Crippen molar-refractivity contribution in [1.82, 2.24) is 14.5 Å². The average Bonchev–Trinajstić information content (AvgIpc) is 3.61. The van der Waals surface area contributed by atoms with Crippen LogP contribution in [-0.2, 0) is 13.1 Å². The largest absolute Gasteiger partial charge is 0.492 e. The summed E-state index contributed by atoms with van der Waals surface area (Å²) in [5.74, 6) is -0.647. The summed E-state index contributed by atoms with van der Waals surface area (Å²) in [5, 5.41) is 0. The van der Waals surface area contributed by atoms with Crippen LogP contribution < -0.4 is 9.30 Å². The number of pyridine rings is 1. The molecule has 6 rings (SSSR count). The molecule has 0 fully saturated rings. The second kappa shape index (κ2) is 10.3. The summed E-state index contributed by atoms with van der Waals surface area (Å²) in [6.07, 6.45) is 7.90. The van der Waals surface area contributed by atoms with Crippen molar-refractivity contribution in [2.24, 2.45) is 0 Å². The first kappa shape index (κ1) is 23.6. The lowest BCUT2D eigenvalue weighted by atomic mass is 10.0. The molecule has 0 aliphatic carbocycles. The van der Waals surface area contributed by atoms with E-state index in [1.807, 2.05) is 59.7 Å². The average molecular weight is 508 g/mol. The molecule has 0 saturated carbocycles. The fraction of sp³-hybridized carbons (Fsp3) is 0.0968. The smallest absolute Gasteiger partial charge is 0.195 e. The molecule has 1 N–H and O–H groups in total. The second-order valence-electron chi connectivity index (χ2n) is 9.09. The maximum absolute atomic E-state index is 14.2. The van der Waals surface area contributed by atoms with Gasteiger partial charge in [0.05, 0.1) is 12.1 Å². The van der Waals surface area contributed by atoms with Crippen LogP contribution in [0, 0.1) is 11.6 Å². The van der Waals surface area contributed by atoms with Crippen molar-refractivity contribution in [2.45, 2.75) is 13.1 Å². The highest BCUT2D eigenvalue weighted by molar-refractivity contribution is 5.77. The van der Waals surface area contributed by atoms with Crippen LogP contribution in [0.4, 0.5) is 8.78 Å². The number of fused-ring (bicyclic) bond motifs is 1. The Bertz CT molecular complexity index is 1670. The van der Waals surface area contributed by atoms with Gasteiger partial charge in [-0.15, -0.1) is 0 Å². The monoisotopic (exact) mass is 507 g/mol. The van der Waals surface area contributed by atoms with Crippen molar-refractivity contribution in [3.63, 3.8) is 0 Å². The topological polar surface area (TPSA) is 46.7 Å². The van der Waals surface area contributed by atoms with E-state index < -0.39 is 11.6 Å². The Morgan fingerprint density at radius 2 is 1.58 bits per heavy atom. The highest BCUT2D eigenvalue weighted by Crippen LogP contribution is 2.25. The number of imidazole rings is 1. The lowest BCUT2D eigenvalue weighted by Crippen LogP contribution is -2.33. The molecule has 0 saturated heterocycles. The number of benzene rings is 3. The Labute approximate surface area is 218 Å². The van der Waals surface area contributed by atoms with E-state index in [2.05, 4.69) is 50.9 Å². The molecule has 38 heavy (non-hydrogen) atoms. The lowest BCUT2D eigenvalue weighted by Gasteiger charge is -2.08. The zero-order valence-corrected chi connectivity index (χ0v) is 20.5. The maximum atomic E-state index is 14.2. The number of aromatic nitrogens is 4. The van der Waals surface area contributed by atoms with Gasteiger partial charge in [0.1, 0.15) is 29.2 Å². The van der Waals surface area contributed by atoms with E-state index in [1.54, 1.807) is 0 Å². The highest BCUT2D eigenvalue weighted by Gasteiger charge is 2.15. The fourth-order valence-corrected chi connectivity index (χ4v) is 4.46. The molecule has 3 aromatic heterocycles. The van der Waals surface area contributed by atoms with Crippen LogP contribution in [0.2, 0.25) is 0 Å². The van der Waals surface area contributed by atoms with Gasteiger partial charge in [0.2, 0.25) is 0 Å². The van der Waals surface area contributed by atoms with Crippen LogP contribution in [0.1, 0.15) is 5.56 Å². The molecule has 3 aromatic carbocycles. The molecular formula is C31H25F2N4O+. The van der Waals surface area contributed by atoms with Crippen molar-refractivity contribution in [1.29, 1.82) is 0 Å². The quantitative estimate of drug-likeness (QED) is 0.243. The van der Waals surface area contributed by atoms with E-state index in [0.717, 1.165) is 40.6 Å². The van der Waals surface area contributed by atoms with Gasteiger partial charge in [-0.1, -0.05) is 42.5 Å². The maximum Gasteiger partial charge on any atom is 0.195 e. The van der Waals surface area contributed by atoms with Crippen LogP contribution in [0.25, 0.3) is 33.5 Å². The number of nitrogens with one attached hydrogen (secondary N) is 1. The third kappa shape index (κ3) is 5.04. The summed E-state index contributed by atoms with van der Waals surface area (Å²) in [5.41, 5.74) is 4.94. The minimum absolute atomic E-state index is 0.111. The number of hydrogen-bond donors (Lipinski definition) is 1. The molecule has 3 heterocycles. The van der Waals surface area contributed by atoms with Crippen LogP contribution in [0.3, 0.4) is 0 Å². The van der Waals surface area contributed by atoms with Gasteiger partial charge < -0.3 is 14.3 Å². The van der Waals surface area contributed by atoms with Crippen molar-refractivity contribution >= 4 is 11.0 Å². The Kier molecular flexibility index (Phi) is 6.40. The van der Waals surface area contributed by atoms with Crippen LogP contribution in [0.15, 0.2) is 110 Å². The molecule has 0 spiro atoms. The third-order valence-corrected chi connectivity index (χ3v) is 6.48. The van der Waals surface area contributed by atoms with Crippen molar-refractivity contribution in [3.05, 3.63) is 127 Å². The first-order chi connectivity index (χ1) is 18.6. The van der Waals surface area contributed by atoms with Crippen molar-refractivity contribution in [3.8, 4) is 28.3 Å². The lowest BCUT2D eigenvalue weighted by molar-refractivity contribution is -0.687. The molecule has 0 atom stereocenters. The first-order valence-corrected chi connectivity index (χ1v) is 12.4. The summed E-state index contributed by atoms with van der Waals surface area (Å²) in [7, 11) is 0. The van der Waals surface area contributed by atoms with E-state index >= 15 is 0 Å². The molecule has 0 unspecified atom stereocenters. The molecule has 0 aliphatic heterocycles. The molecule has 0 radical (unpaired) electrons. The SMILES string of the molecule is Fc1cccc(-c2nc3cc[n+](Cc4ccc(-c5ccc(OCCn6cccc6)cc5)cc4)cc3[nH]2)c1F. The minimum atomic E-state index is -0.908.